The van der Waals surface area contributed by atoms with Gasteiger partial charge in [-0.2, -0.15) is 0 Å². The zero-order valence-corrected chi connectivity index (χ0v) is 18.4. The maximum Gasteiger partial charge on any atom is 0.241 e. The Morgan fingerprint density at radius 3 is 2.57 bits per heavy atom. The van der Waals surface area contributed by atoms with Crippen molar-refractivity contribution in [2.75, 3.05) is 0 Å². The summed E-state index contributed by atoms with van der Waals surface area (Å²) in [5.41, 5.74) is 2.82. The van der Waals surface area contributed by atoms with Gasteiger partial charge in [0.05, 0.1) is 10.4 Å². The molecule has 0 aliphatic heterocycles. The molecule has 1 aliphatic rings. The molecule has 0 bridgehead atoms. The maximum absolute atomic E-state index is 12.9. The number of nitrogens with zero attached hydrogens (tertiary/aromatic N) is 3. The largest absolute Gasteiger partial charge is 0.291 e. The molecule has 0 saturated heterocycles. The first-order valence-electron chi connectivity index (χ1n) is 9.85. The van der Waals surface area contributed by atoms with Crippen molar-refractivity contribution >= 4 is 32.3 Å². The second-order valence-electron chi connectivity index (χ2n) is 8.14. The Hall–Kier alpha value is -2.55. The van der Waals surface area contributed by atoms with Crippen LogP contribution in [0, 0.1) is 6.92 Å². The Labute approximate surface area is 179 Å². The van der Waals surface area contributed by atoms with E-state index in [9.17, 15) is 8.42 Å². The van der Waals surface area contributed by atoms with E-state index in [2.05, 4.69) is 27.1 Å². The van der Waals surface area contributed by atoms with Gasteiger partial charge in [0.25, 0.3) is 0 Å². The van der Waals surface area contributed by atoms with Gasteiger partial charge < -0.3 is 0 Å². The van der Waals surface area contributed by atoms with E-state index in [0.29, 0.717) is 0 Å². The van der Waals surface area contributed by atoms with Crippen molar-refractivity contribution in [3.8, 4) is 5.13 Å². The molecule has 6 nitrogen and oxygen atoms in total. The Kier molecular flexibility index (Phi) is 4.53. The fourth-order valence-corrected chi connectivity index (χ4v) is 5.78. The Morgan fingerprint density at radius 2 is 1.90 bits per heavy atom. The molecule has 0 atom stereocenters. The number of benzene rings is 2. The molecular weight excluding hydrogens is 416 g/mol. The van der Waals surface area contributed by atoms with Crippen molar-refractivity contribution in [2.45, 2.75) is 43.5 Å². The van der Waals surface area contributed by atoms with Crippen LogP contribution in [0.15, 0.2) is 59.6 Å². The van der Waals surface area contributed by atoms with Crippen molar-refractivity contribution in [3.05, 3.63) is 70.9 Å². The lowest BCUT2D eigenvalue weighted by Gasteiger charge is -2.12. The van der Waals surface area contributed by atoms with Gasteiger partial charge in [0.15, 0.2) is 0 Å². The summed E-state index contributed by atoms with van der Waals surface area (Å²) in [7, 11) is -3.59. The number of aromatic nitrogens is 3. The number of hydrogen-bond donors (Lipinski definition) is 1. The van der Waals surface area contributed by atoms with E-state index in [-0.39, 0.29) is 10.4 Å². The molecule has 0 spiro atoms. The summed E-state index contributed by atoms with van der Waals surface area (Å²) in [6, 6.07) is 15.6. The quantitative estimate of drug-likeness (QED) is 0.489. The van der Waals surface area contributed by atoms with Crippen LogP contribution in [0.5, 0.6) is 0 Å². The summed E-state index contributed by atoms with van der Waals surface area (Å²) in [4.78, 5) is 0.273. The lowest BCUT2D eigenvalue weighted by atomic mass is 10.0. The number of fused-ring (bicyclic) bond motifs is 1. The SMILES string of the molecule is Cc1nnc(-n2cc(Cc3ccccc3)c3ccc(S(=O)(=O)NC4(C)CC4)cc32)s1. The fraction of sp³-hybridized carbons (Fsp3) is 0.273. The van der Waals surface area contributed by atoms with Gasteiger partial charge >= 0.3 is 0 Å². The molecule has 1 N–H and O–H groups in total. The van der Waals surface area contributed by atoms with Gasteiger partial charge in [0.2, 0.25) is 15.2 Å². The van der Waals surface area contributed by atoms with Gasteiger partial charge in [-0.3, -0.25) is 4.57 Å². The first kappa shape index (κ1) is 19.4. The summed E-state index contributed by atoms with van der Waals surface area (Å²) in [5.74, 6) is 0. The van der Waals surface area contributed by atoms with Gasteiger partial charge in [0.1, 0.15) is 5.01 Å². The van der Waals surface area contributed by atoms with E-state index in [0.717, 1.165) is 45.9 Å². The van der Waals surface area contributed by atoms with E-state index >= 15 is 0 Å². The lowest BCUT2D eigenvalue weighted by molar-refractivity contribution is 0.558. The van der Waals surface area contributed by atoms with E-state index in [1.807, 2.05) is 48.9 Å². The minimum absolute atomic E-state index is 0.273. The number of rotatable bonds is 6. The lowest BCUT2D eigenvalue weighted by Crippen LogP contribution is -2.34. The predicted octanol–water partition coefficient (Wildman–Crippen LogP) is 4.21. The average molecular weight is 439 g/mol. The number of nitrogens with one attached hydrogen (secondary N) is 1. The van der Waals surface area contributed by atoms with Crippen LogP contribution in [-0.2, 0) is 16.4 Å². The Bertz CT molecular complexity index is 1340. The van der Waals surface area contributed by atoms with Crippen molar-refractivity contribution in [1.82, 2.24) is 19.5 Å². The van der Waals surface area contributed by atoms with Crippen molar-refractivity contribution in [3.63, 3.8) is 0 Å². The Balaban J connectivity index is 1.64. The van der Waals surface area contributed by atoms with Gasteiger partial charge in [-0.15, -0.1) is 10.2 Å². The molecule has 8 heteroatoms. The highest BCUT2D eigenvalue weighted by atomic mass is 32.2. The maximum atomic E-state index is 12.9. The van der Waals surface area contributed by atoms with Gasteiger partial charge in [-0.1, -0.05) is 47.7 Å². The van der Waals surface area contributed by atoms with Gasteiger partial charge in [-0.25, -0.2) is 13.1 Å². The summed E-state index contributed by atoms with van der Waals surface area (Å²) in [6.07, 6.45) is 4.54. The first-order valence-corrected chi connectivity index (χ1v) is 12.2. The molecule has 1 fully saturated rings. The molecule has 0 radical (unpaired) electrons. The van der Waals surface area contributed by atoms with E-state index in [4.69, 9.17) is 0 Å². The second-order valence-corrected chi connectivity index (χ2v) is 11.0. The second kappa shape index (κ2) is 7.01. The minimum atomic E-state index is -3.59. The van der Waals surface area contributed by atoms with Gasteiger partial charge in [0, 0.05) is 17.1 Å². The molecule has 2 heterocycles. The number of hydrogen-bond acceptors (Lipinski definition) is 5. The van der Waals surface area contributed by atoms with E-state index in [1.165, 1.54) is 16.9 Å². The molecule has 5 rings (SSSR count). The molecule has 154 valence electrons. The smallest absolute Gasteiger partial charge is 0.241 e. The number of aryl methyl sites for hydroxylation is 1. The third-order valence-electron chi connectivity index (χ3n) is 5.51. The van der Waals surface area contributed by atoms with Crippen LogP contribution in [0.25, 0.3) is 16.0 Å². The topological polar surface area (TPSA) is 76.9 Å². The first-order chi connectivity index (χ1) is 14.3. The molecule has 1 saturated carbocycles. The molecule has 0 unspecified atom stereocenters. The summed E-state index contributed by atoms with van der Waals surface area (Å²) in [5, 5.41) is 11.0. The highest BCUT2D eigenvalue weighted by molar-refractivity contribution is 7.89. The van der Waals surface area contributed by atoms with Crippen LogP contribution in [0.4, 0.5) is 0 Å². The summed E-state index contributed by atoms with van der Waals surface area (Å²) < 4.78 is 30.7. The monoisotopic (exact) mass is 438 g/mol. The van der Waals surface area contributed by atoms with Crippen LogP contribution < -0.4 is 4.72 Å². The molecule has 2 aromatic heterocycles. The minimum Gasteiger partial charge on any atom is -0.291 e. The normalized spacial score (nSPS) is 15.5. The fourth-order valence-electron chi connectivity index (χ4n) is 3.62. The van der Waals surface area contributed by atoms with Crippen molar-refractivity contribution in [1.29, 1.82) is 0 Å². The van der Waals surface area contributed by atoms with Crippen LogP contribution in [-0.4, -0.2) is 28.7 Å². The van der Waals surface area contributed by atoms with Gasteiger partial charge in [-0.05, 0) is 56.4 Å². The number of sulfonamides is 1. The molecule has 0 amide bonds. The molecule has 2 aromatic carbocycles. The van der Waals surface area contributed by atoms with E-state index < -0.39 is 10.0 Å². The van der Waals surface area contributed by atoms with Crippen LogP contribution >= 0.6 is 11.3 Å². The molecule has 30 heavy (non-hydrogen) atoms. The van der Waals surface area contributed by atoms with Crippen molar-refractivity contribution in [2.24, 2.45) is 0 Å². The zero-order chi connectivity index (χ0) is 20.9. The highest BCUT2D eigenvalue weighted by Crippen LogP contribution is 2.36. The van der Waals surface area contributed by atoms with Crippen LogP contribution in [0.3, 0.4) is 0 Å². The summed E-state index contributed by atoms with van der Waals surface area (Å²) >= 11 is 1.48. The Morgan fingerprint density at radius 1 is 1.13 bits per heavy atom. The zero-order valence-electron chi connectivity index (χ0n) is 16.8. The van der Waals surface area contributed by atoms with E-state index in [1.54, 1.807) is 12.1 Å². The molecular formula is C22H22N4O2S2. The van der Waals surface area contributed by atoms with Crippen LogP contribution in [0.1, 0.15) is 35.9 Å². The van der Waals surface area contributed by atoms with Crippen LogP contribution in [0.2, 0.25) is 0 Å². The third-order valence-corrected chi connectivity index (χ3v) is 7.98. The standard InChI is InChI=1S/C22H22N4O2S2/c1-15-23-24-21(29-15)26-14-17(12-16-6-4-3-5-7-16)19-9-8-18(13-20(19)26)30(27,28)25-22(2)10-11-22/h3-9,13-14,25H,10-12H2,1-2H3. The average Bonchev–Trinajstić information content (AvgIpc) is 3.11. The molecule has 1 aliphatic carbocycles. The third kappa shape index (κ3) is 3.66. The summed E-state index contributed by atoms with van der Waals surface area (Å²) in [6.45, 7) is 3.85. The highest BCUT2D eigenvalue weighted by Gasteiger charge is 2.41. The molecule has 4 aromatic rings. The predicted molar refractivity (Wildman–Crippen MR) is 119 cm³/mol. The van der Waals surface area contributed by atoms with Crippen molar-refractivity contribution < 1.29 is 8.42 Å².